The number of hydrogen-bond acceptors (Lipinski definition) is 8. The topological polar surface area (TPSA) is 154 Å². The van der Waals surface area contributed by atoms with E-state index in [4.69, 9.17) is 5.11 Å². The summed E-state index contributed by atoms with van der Waals surface area (Å²) in [4.78, 5) is 32.6. The number of aliphatic carboxylic acids is 1. The number of amides is 1. The van der Waals surface area contributed by atoms with Crippen LogP contribution in [0.5, 0.6) is 5.75 Å². The molecular formula is C13H11BrN4O6S. The molecule has 10 nitrogen and oxygen atoms in total. The number of thioether (sulfide) groups is 1. The van der Waals surface area contributed by atoms with Crippen LogP contribution in [-0.2, 0) is 9.59 Å². The summed E-state index contributed by atoms with van der Waals surface area (Å²) in [6.07, 6.45) is 0.744. The standard InChI is InChI=1S/C13H11BrN4O6S/c1-5-7(18(23)24)2-6(11(21)10(5)14)4-15-17-13-16-12(22)8(25-13)3-9(19)20/h2,4,8,21H,3H2,1H3,(H,19,20)(H,16,17,22). The van der Waals surface area contributed by atoms with Crippen LogP contribution in [0.1, 0.15) is 17.5 Å². The lowest BCUT2D eigenvalue weighted by molar-refractivity contribution is -0.385. The van der Waals surface area contributed by atoms with Crippen LogP contribution < -0.4 is 5.32 Å². The number of amidine groups is 1. The zero-order chi connectivity index (χ0) is 18.7. The minimum absolute atomic E-state index is 0.0601. The Bertz CT molecular complexity index is 825. The number of hydrogen-bond donors (Lipinski definition) is 3. The van der Waals surface area contributed by atoms with E-state index >= 15 is 0 Å². The summed E-state index contributed by atoms with van der Waals surface area (Å²) < 4.78 is 0.167. The molecule has 3 N–H and O–H groups in total. The first-order chi connectivity index (χ1) is 11.7. The number of aromatic hydroxyl groups is 1. The average Bonchev–Trinajstić information content (AvgIpc) is 2.86. The van der Waals surface area contributed by atoms with Crippen molar-refractivity contribution in [3.63, 3.8) is 0 Å². The molecule has 1 unspecified atom stereocenters. The number of phenols is 1. The highest BCUT2D eigenvalue weighted by Gasteiger charge is 2.32. The fourth-order valence-electron chi connectivity index (χ4n) is 1.92. The zero-order valence-electron chi connectivity index (χ0n) is 12.6. The first-order valence-electron chi connectivity index (χ1n) is 6.67. The molecular weight excluding hydrogens is 420 g/mol. The van der Waals surface area contributed by atoms with E-state index in [0.717, 1.165) is 24.0 Å². The summed E-state index contributed by atoms with van der Waals surface area (Å²) in [7, 11) is 0. The van der Waals surface area contributed by atoms with Gasteiger partial charge in [-0.15, -0.1) is 5.10 Å². The third kappa shape index (κ3) is 4.33. The van der Waals surface area contributed by atoms with Gasteiger partial charge in [-0.05, 0) is 22.9 Å². The van der Waals surface area contributed by atoms with Crippen molar-refractivity contribution in [1.29, 1.82) is 0 Å². The lowest BCUT2D eigenvalue weighted by Gasteiger charge is -2.05. The number of carboxylic acid groups (broad SMARTS) is 1. The summed E-state index contributed by atoms with van der Waals surface area (Å²) in [5, 5.41) is 38.8. The Balaban J connectivity index is 2.22. The van der Waals surface area contributed by atoms with Crippen LogP contribution in [0, 0.1) is 17.0 Å². The van der Waals surface area contributed by atoms with E-state index in [1.165, 1.54) is 6.92 Å². The number of halogens is 1. The summed E-state index contributed by atoms with van der Waals surface area (Å²) in [5.41, 5.74) is 0.120. The van der Waals surface area contributed by atoms with Gasteiger partial charge in [0.1, 0.15) is 11.0 Å². The van der Waals surface area contributed by atoms with Crippen molar-refractivity contribution in [2.24, 2.45) is 10.2 Å². The fraction of sp³-hybridized carbons (Fsp3) is 0.231. The quantitative estimate of drug-likeness (QED) is 0.365. The Morgan fingerprint density at radius 2 is 2.28 bits per heavy atom. The van der Waals surface area contributed by atoms with Gasteiger partial charge >= 0.3 is 5.97 Å². The third-order valence-corrected chi connectivity index (χ3v) is 5.21. The number of carbonyl (C=O) groups excluding carboxylic acids is 1. The Kier molecular flexibility index (Phi) is 5.74. The van der Waals surface area contributed by atoms with E-state index in [0.29, 0.717) is 0 Å². The molecule has 1 aliphatic heterocycles. The molecule has 1 amide bonds. The van der Waals surface area contributed by atoms with Gasteiger partial charge < -0.3 is 15.5 Å². The molecule has 132 valence electrons. The molecule has 0 aromatic heterocycles. The molecule has 0 aliphatic carbocycles. The van der Waals surface area contributed by atoms with E-state index in [9.17, 15) is 24.8 Å². The van der Waals surface area contributed by atoms with Crippen LogP contribution >= 0.6 is 27.7 Å². The number of benzene rings is 1. The van der Waals surface area contributed by atoms with E-state index in [1.54, 1.807) is 0 Å². The number of phenolic OH excluding ortho intramolecular Hbond substituents is 1. The Hall–Kier alpha value is -2.47. The Morgan fingerprint density at radius 1 is 1.60 bits per heavy atom. The van der Waals surface area contributed by atoms with E-state index in [-0.39, 0.29) is 38.6 Å². The van der Waals surface area contributed by atoms with Crippen LogP contribution in [0.4, 0.5) is 5.69 Å². The highest BCUT2D eigenvalue weighted by molar-refractivity contribution is 9.10. The van der Waals surface area contributed by atoms with Crippen molar-refractivity contribution in [3.8, 4) is 5.75 Å². The Labute approximate surface area is 153 Å². The number of rotatable bonds is 5. The normalized spacial score (nSPS) is 18.7. The molecule has 25 heavy (non-hydrogen) atoms. The van der Waals surface area contributed by atoms with Gasteiger partial charge in [0, 0.05) is 17.2 Å². The number of carbonyl (C=O) groups is 2. The third-order valence-electron chi connectivity index (χ3n) is 3.17. The van der Waals surface area contributed by atoms with Crippen molar-refractivity contribution in [1.82, 2.24) is 5.32 Å². The van der Waals surface area contributed by atoms with Gasteiger partial charge in [0.25, 0.3) is 5.69 Å². The zero-order valence-corrected chi connectivity index (χ0v) is 15.0. The number of carboxylic acids is 1. The van der Waals surface area contributed by atoms with Crippen LogP contribution in [0.25, 0.3) is 0 Å². The predicted octanol–water partition coefficient (Wildman–Crippen LogP) is 1.77. The molecule has 1 atom stereocenters. The summed E-state index contributed by atoms with van der Waals surface area (Å²) >= 11 is 3.99. The molecule has 1 aromatic rings. The molecule has 1 fully saturated rings. The molecule has 1 saturated heterocycles. The van der Waals surface area contributed by atoms with Crippen molar-refractivity contribution in [2.75, 3.05) is 0 Å². The summed E-state index contributed by atoms with van der Waals surface area (Å²) in [5.74, 6) is -1.84. The van der Waals surface area contributed by atoms with Crippen molar-refractivity contribution < 1.29 is 24.7 Å². The van der Waals surface area contributed by atoms with Gasteiger partial charge in [-0.1, -0.05) is 11.8 Å². The van der Waals surface area contributed by atoms with Crippen LogP contribution in [0.3, 0.4) is 0 Å². The van der Waals surface area contributed by atoms with Crippen molar-refractivity contribution >= 4 is 56.6 Å². The second kappa shape index (κ2) is 7.61. The first-order valence-corrected chi connectivity index (χ1v) is 8.34. The molecule has 12 heteroatoms. The van der Waals surface area contributed by atoms with Gasteiger partial charge in [0.2, 0.25) is 5.91 Å². The average molecular weight is 431 g/mol. The van der Waals surface area contributed by atoms with Crippen molar-refractivity contribution in [3.05, 3.63) is 31.8 Å². The van der Waals surface area contributed by atoms with Gasteiger partial charge in [-0.2, -0.15) is 5.10 Å². The molecule has 1 aromatic carbocycles. The largest absolute Gasteiger partial charge is 0.506 e. The maximum absolute atomic E-state index is 11.6. The molecule has 0 saturated carbocycles. The highest BCUT2D eigenvalue weighted by Crippen LogP contribution is 2.36. The lowest BCUT2D eigenvalue weighted by atomic mass is 10.1. The Morgan fingerprint density at radius 3 is 2.88 bits per heavy atom. The molecule has 0 spiro atoms. The number of nitrogens with zero attached hydrogens (tertiary/aromatic N) is 3. The molecule has 1 aliphatic rings. The second-order valence-corrected chi connectivity index (χ2v) is 6.86. The molecule has 0 radical (unpaired) electrons. The van der Waals surface area contributed by atoms with Gasteiger partial charge in [0.05, 0.1) is 22.0 Å². The maximum Gasteiger partial charge on any atom is 0.305 e. The smallest absolute Gasteiger partial charge is 0.305 e. The van der Waals surface area contributed by atoms with Gasteiger partial charge in [-0.3, -0.25) is 19.7 Å². The first kappa shape index (κ1) is 18.9. The molecule has 0 bridgehead atoms. The van der Waals surface area contributed by atoms with Gasteiger partial charge in [-0.25, -0.2) is 0 Å². The minimum Gasteiger partial charge on any atom is -0.506 e. The fourth-order valence-corrected chi connectivity index (χ4v) is 3.26. The maximum atomic E-state index is 11.6. The van der Waals surface area contributed by atoms with E-state index in [1.807, 2.05) is 0 Å². The molecule has 2 rings (SSSR count). The summed E-state index contributed by atoms with van der Waals surface area (Å²) in [6, 6.07) is 1.15. The van der Waals surface area contributed by atoms with Crippen molar-refractivity contribution in [2.45, 2.75) is 18.6 Å². The molecule has 1 heterocycles. The summed E-state index contributed by atoms with van der Waals surface area (Å²) in [6.45, 7) is 1.48. The number of nitro benzene ring substituents is 1. The van der Waals surface area contributed by atoms with E-state index < -0.39 is 22.0 Å². The van der Waals surface area contributed by atoms with Gasteiger partial charge in [0.15, 0.2) is 5.17 Å². The van der Waals surface area contributed by atoms with Crippen LogP contribution in [0.2, 0.25) is 0 Å². The predicted molar refractivity (Wildman–Crippen MR) is 94.0 cm³/mol. The minimum atomic E-state index is -1.11. The second-order valence-electron chi connectivity index (χ2n) is 4.87. The number of nitrogens with one attached hydrogen (secondary N) is 1. The monoisotopic (exact) mass is 430 g/mol. The van der Waals surface area contributed by atoms with E-state index in [2.05, 4.69) is 31.4 Å². The van der Waals surface area contributed by atoms with Crippen LogP contribution in [0.15, 0.2) is 20.7 Å². The SMILES string of the molecule is Cc1c([N+](=O)[O-])cc(C=NN=C2NC(=O)C(CC(=O)O)S2)c(O)c1Br. The number of nitro groups is 1. The lowest BCUT2D eigenvalue weighted by Crippen LogP contribution is -2.26. The van der Waals surface area contributed by atoms with Crippen LogP contribution in [-0.4, -0.2) is 43.6 Å². The highest BCUT2D eigenvalue weighted by atomic mass is 79.9.